The van der Waals surface area contributed by atoms with E-state index in [-0.39, 0.29) is 82.8 Å². The van der Waals surface area contributed by atoms with Crippen LogP contribution in [0.15, 0.2) is 121 Å². The molecule has 0 spiro atoms. The van der Waals surface area contributed by atoms with Crippen molar-refractivity contribution in [3.63, 3.8) is 0 Å². The van der Waals surface area contributed by atoms with Gasteiger partial charge in [0.25, 0.3) is 0 Å². The molecule has 11 nitrogen and oxygen atoms in total. The molecule has 3 aromatic heterocycles. The summed E-state index contributed by atoms with van der Waals surface area (Å²) in [6.07, 6.45) is 13.1. The number of nitrogens with zero attached hydrogens (tertiary/aromatic N) is 1. The summed E-state index contributed by atoms with van der Waals surface area (Å²) in [6.45, 7) is 5.99. The third kappa shape index (κ3) is 16.7. The molecule has 3 aliphatic carbocycles. The molecule has 3 aliphatic rings. The number of hydrogen-bond acceptors (Lipinski definition) is 6. The van der Waals surface area contributed by atoms with Crippen LogP contribution >= 0.6 is 23.2 Å². The number of halogens is 2. The molecule has 0 unspecified atom stereocenters. The van der Waals surface area contributed by atoms with Gasteiger partial charge in [-0.1, -0.05) is 49.7 Å². The second kappa shape index (κ2) is 28.9. The van der Waals surface area contributed by atoms with E-state index in [0.717, 1.165) is 107 Å². The van der Waals surface area contributed by atoms with Crippen molar-refractivity contribution < 1.29 is 66.1 Å². The number of aryl methyl sites for hydroxylation is 3. The maximum atomic E-state index is 12.8. The predicted molar refractivity (Wildman–Crippen MR) is 292 cm³/mol. The number of nitrogens with two attached hydrogens (primary N) is 1. The Morgan fingerprint density at radius 1 is 0.554 bits per heavy atom. The van der Waals surface area contributed by atoms with Crippen LogP contribution in [0.4, 0.5) is 17.1 Å². The van der Waals surface area contributed by atoms with Gasteiger partial charge in [0.05, 0.1) is 0 Å². The number of anilines is 3. The molecule has 0 bridgehead atoms. The van der Waals surface area contributed by atoms with Crippen molar-refractivity contribution in [2.45, 2.75) is 97.8 Å². The zero-order valence-electron chi connectivity index (χ0n) is 41.9. The van der Waals surface area contributed by atoms with E-state index in [0.29, 0.717) is 11.1 Å². The standard InChI is InChI=1S/C22H21N2O2.C15H18N2O.C9H10N2.C7H4ClO.C6H9ClO.2W/c1-15-13-18-14-19(23-21(25)16-7-5-6-8-16)11-12-20(18)24(15)22(26)17-9-3-2-4-10-17;1-10-8-12-9-13(6-7-14(12)16-10)17-15(18)11-4-2-3-5-11;1-6-4-7-5-8(10)2-3-9(7)11-6;8-7(9)6-4-2-1-3-5-6;7-6(8)5-3-1-2-4-5;;/h2-4,9,11-14,16H,5-8H2,1H3,(H,23,25);6-9,11,16H,2-5H2,1H3,(H,17,18);2-5,11H,10H2,1H3;1-4H;5H,1-4H2;;/q-1;;;-1;;;. The molecule has 2 amide bonds. The molecule has 3 saturated carbocycles. The number of benzene rings is 5. The van der Waals surface area contributed by atoms with Crippen molar-refractivity contribution in [3.8, 4) is 0 Å². The first-order valence-electron chi connectivity index (χ1n) is 24.8. The minimum atomic E-state index is -0.462. The van der Waals surface area contributed by atoms with Crippen molar-refractivity contribution in [1.82, 2.24) is 14.5 Å². The van der Waals surface area contributed by atoms with Crippen LogP contribution in [0.3, 0.4) is 0 Å². The Hall–Kier alpha value is -5.57. The molecule has 0 radical (unpaired) electrons. The number of H-pyrrole nitrogens is 2. The van der Waals surface area contributed by atoms with Crippen molar-refractivity contribution in [2.75, 3.05) is 16.4 Å². The minimum absolute atomic E-state index is 0. The van der Waals surface area contributed by atoms with E-state index in [1.807, 2.05) is 93.6 Å². The molecular formula is C59H62Cl2N6O5W2-2. The number of aromatic amines is 2. The SMILES string of the molecule is Cc1cc2cc(N)ccc2[nH]1.Cc1cc2cc(NC(=O)C3CCCC3)ccc2[nH]1.Cc1cc2cc(NC(=O)C3CCCC3)ccc2n1C(=O)c1[c-]cccc1.O=C(Cl)C1CCCC1.O=C(Cl)c1[c-]cccc1.[W].[W]. The first kappa shape index (κ1) is 59.3. The van der Waals surface area contributed by atoms with Crippen molar-refractivity contribution in [3.05, 3.63) is 162 Å². The Morgan fingerprint density at radius 3 is 1.47 bits per heavy atom. The molecule has 3 fully saturated rings. The summed E-state index contributed by atoms with van der Waals surface area (Å²) in [7, 11) is 0. The molecular weight excluding hydrogens is 1310 g/mol. The van der Waals surface area contributed by atoms with Crippen LogP contribution in [0.1, 0.15) is 115 Å². The molecule has 0 aliphatic heterocycles. The van der Waals surface area contributed by atoms with Gasteiger partial charge in [-0.15, -0.1) is 72.3 Å². The summed E-state index contributed by atoms with van der Waals surface area (Å²) in [4.78, 5) is 64.5. The van der Waals surface area contributed by atoms with Gasteiger partial charge in [0.2, 0.25) is 17.1 Å². The Labute approximate surface area is 472 Å². The van der Waals surface area contributed by atoms with Gasteiger partial charge in [0.1, 0.15) is 0 Å². The van der Waals surface area contributed by atoms with E-state index in [1.165, 1.54) is 36.8 Å². The summed E-state index contributed by atoms with van der Waals surface area (Å²) in [5.74, 6) is 0.727. The van der Waals surface area contributed by atoms with Crippen LogP contribution in [0.25, 0.3) is 32.7 Å². The van der Waals surface area contributed by atoms with Crippen LogP contribution in [-0.4, -0.2) is 42.7 Å². The summed E-state index contributed by atoms with van der Waals surface area (Å²) in [6, 6.07) is 43.4. The molecule has 74 heavy (non-hydrogen) atoms. The number of rotatable bonds is 7. The minimum Gasteiger partial charge on any atom is -0.399 e. The largest absolute Gasteiger partial charge is 0.399 e. The van der Waals surface area contributed by atoms with Gasteiger partial charge in [0, 0.05) is 127 Å². The fourth-order valence-electron chi connectivity index (χ4n) is 9.53. The van der Waals surface area contributed by atoms with Gasteiger partial charge >= 0.3 is 0 Å². The van der Waals surface area contributed by atoms with E-state index in [9.17, 15) is 24.0 Å². The quantitative estimate of drug-likeness (QED) is 0.0604. The number of nitrogens with one attached hydrogen (secondary N) is 4. The molecule has 15 heteroatoms. The number of hydrogen-bond donors (Lipinski definition) is 5. The van der Waals surface area contributed by atoms with E-state index in [1.54, 1.807) is 41.0 Å². The fraction of sp³-hybridized carbons (Fsp3) is 0.305. The average molecular weight is 1370 g/mol. The Bertz CT molecular complexity index is 3140. The van der Waals surface area contributed by atoms with Crippen molar-refractivity contribution in [2.24, 2.45) is 17.8 Å². The van der Waals surface area contributed by atoms with E-state index >= 15 is 0 Å². The number of amides is 2. The number of nitrogen functional groups attached to an aromatic ring is 1. The maximum Gasteiger partial charge on any atom is 0.227 e. The van der Waals surface area contributed by atoms with Crippen LogP contribution in [0.5, 0.6) is 0 Å². The van der Waals surface area contributed by atoms with Gasteiger partial charge < -0.3 is 40.5 Å². The fourth-order valence-corrected chi connectivity index (χ4v) is 9.87. The topological polar surface area (TPSA) is 172 Å². The number of carbonyl (C=O) groups is 5. The summed E-state index contributed by atoms with van der Waals surface area (Å²) in [5.41, 5.74) is 15.3. The molecule has 5 aromatic carbocycles. The molecule has 11 rings (SSSR count). The summed E-state index contributed by atoms with van der Waals surface area (Å²) < 4.78 is 1.70. The van der Waals surface area contributed by atoms with Gasteiger partial charge in [-0.25, -0.2) is 0 Å². The van der Waals surface area contributed by atoms with Crippen molar-refractivity contribution in [1.29, 1.82) is 0 Å². The smallest absolute Gasteiger partial charge is 0.227 e. The summed E-state index contributed by atoms with van der Waals surface area (Å²) >= 11 is 10.4. The van der Waals surface area contributed by atoms with Crippen LogP contribution in [0.2, 0.25) is 0 Å². The van der Waals surface area contributed by atoms with Gasteiger partial charge in [0.15, 0.2) is 11.1 Å². The predicted octanol–water partition coefficient (Wildman–Crippen LogP) is 14.0. The Kier molecular flexibility index (Phi) is 23.2. The maximum absolute atomic E-state index is 12.8. The number of fused-ring (bicyclic) bond motifs is 3. The number of aromatic nitrogens is 3. The van der Waals surface area contributed by atoms with Gasteiger partial charge in [-0.2, -0.15) is 0 Å². The molecule has 386 valence electrons. The Balaban J connectivity index is 0.000000183. The number of carbonyl (C=O) groups excluding carboxylic acids is 5. The van der Waals surface area contributed by atoms with Crippen molar-refractivity contribution >= 4 is 101 Å². The molecule has 0 saturated heterocycles. The average Bonchev–Trinajstić information content (AvgIpc) is 4.24. The second-order valence-corrected chi connectivity index (χ2v) is 19.5. The zero-order valence-corrected chi connectivity index (χ0v) is 49.3. The van der Waals surface area contributed by atoms with E-state index in [2.05, 4.69) is 44.9 Å². The third-order valence-electron chi connectivity index (χ3n) is 13.2. The summed E-state index contributed by atoms with van der Waals surface area (Å²) in [5, 5.41) is 8.73. The molecule has 3 heterocycles. The normalized spacial score (nSPS) is 14.1. The molecule has 6 N–H and O–H groups in total. The van der Waals surface area contributed by atoms with E-state index < -0.39 is 5.24 Å². The first-order valence-corrected chi connectivity index (χ1v) is 25.5. The Morgan fingerprint density at radius 2 is 1.01 bits per heavy atom. The zero-order chi connectivity index (χ0) is 51.1. The van der Waals surface area contributed by atoms with Gasteiger partial charge in [-0.05, 0) is 144 Å². The monoisotopic (exact) mass is 1370 g/mol. The van der Waals surface area contributed by atoms with E-state index in [4.69, 9.17) is 28.9 Å². The van der Waals surface area contributed by atoms with Gasteiger partial charge in [-0.3, -0.25) is 14.4 Å². The van der Waals surface area contributed by atoms with Crippen LogP contribution < -0.4 is 16.4 Å². The third-order valence-corrected chi connectivity index (χ3v) is 13.8. The second-order valence-electron chi connectivity index (χ2n) is 18.8. The van der Waals surface area contributed by atoms with Crippen LogP contribution in [0, 0.1) is 50.7 Å². The van der Waals surface area contributed by atoms with Crippen LogP contribution in [-0.2, 0) is 56.5 Å². The molecule has 0 atom stereocenters. The first-order chi connectivity index (χ1) is 34.7. The molecule has 8 aromatic rings.